The normalized spacial score (nSPS) is 10.9. The van der Waals surface area contributed by atoms with Crippen molar-refractivity contribution in [3.8, 4) is 33.9 Å². The van der Waals surface area contributed by atoms with Gasteiger partial charge in [-0.05, 0) is 24.3 Å². The predicted molar refractivity (Wildman–Crippen MR) is 146 cm³/mol. The lowest BCUT2D eigenvalue weighted by molar-refractivity contribution is 0.799. The molecule has 2 heterocycles. The molecule has 0 aliphatic heterocycles. The van der Waals surface area contributed by atoms with Gasteiger partial charge in [0.1, 0.15) is 11.6 Å². The highest BCUT2D eigenvalue weighted by atomic mass is 16.1. The number of hydrogen-bond acceptors (Lipinski definition) is 6. The number of H-pyrrole nitrogens is 1. The molecule has 2 aromatic heterocycles. The Kier molecular flexibility index (Phi) is 6.00. The fraction of sp³-hybridized carbons (Fsp3) is 0.107. The standard InChI is InChI=1S/C28H27N7O/c1-34(2)21-15-13-20(14-16-21)26-31-23(18-9-5-3-6-10-18)24(19-11-7-4-8-12-19)35(26)17-22-25(29)32-28(30)33-27(22)36/h3-16H,17H2,1-2H3,(H5,29,30,32,33,36). The summed E-state index contributed by atoms with van der Waals surface area (Å²) in [5.74, 6) is 0.799. The van der Waals surface area contributed by atoms with E-state index in [0.717, 1.165) is 33.8 Å². The van der Waals surface area contributed by atoms with Gasteiger partial charge < -0.3 is 20.9 Å². The molecule has 5 N–H and O–H groups in total. The highest BCUT2D eigenvalue weighted by Gasteiger charge is 2.23. The average molecular weight is 478 g/mol. The summed E-state index contributed by atoms with van der Waals surface area (Å²) in [6.45, 7) is 0.170. The summed E-state index contributed by atoms with van der Waals surface area (Å²) < 4.78 is 2.03. The number of hydrogen-bond donors (Lipinski definition) is 3. The smallest absolute Gasteiger partial charge is 0.259 e. The summed E-state index contributed by atoms with van der Waals surface area (Å²) in [4.78, 5) is 26.7. The van der Waals surface area contributed by atoms with E-state index in [-0.39, 0.29) is 23.9 Å². The van der Waals surface area contributed by atoms with Crippen LogP contribution in [0.4, 0.5) is 17.5 Å². The molecule has 5 aromatic rings. The van der Waals surface area contributed by atoms with Gasteiger partial charge in [-0.2, -0.15) is 4.98 Å². The zero-order valence-corrected chi connectivity index (χ0v) is 20.1. The second-order valence-electron chi connectivity index (χ2n) is 8.71. The average Bonchev–Trinajstić information content (AvgIpc) is 3.26. The second kappa shape index (κ2) is 9.42. The summed E-state index contributed by atoms with van der Waals surface area (Å²) in [5, 5.41) is 0. The van der Waals surface area contributed by atoms with Crippen molar-refractivity contribution in [2.45, 2.75) is 6.54 Å². The van der Waals surface area contributed by atoms with E-state index in [4.69, 9.17) is 16.5 Å². The van der Waals surface area contributed by atoms with Gasteiger partial charge in [-0.15, -0.1) is 0 Å². The van der Waals surface area contributed by atoms with Crippen molar-refractivity contribution in [1.82, 2.24) is 19.5 Å². The Hall–Kier alpha value is -4.85. The first-order valence-electron chi connectivity index (χ1n) is 11.6. The molecular formula is C28H27N7O. The van der Waals surface area contributed by atoms with Crippen LogP contribution in [0, 0.1) is 0 Å². The van der Waals surface area contributed by atoms with Crippen LogP contribution in [0.15, 0.2) is 89.7 Å². The number of aromatic amines is 1. The van der Waals surface area contributed by atoms with Crippen molar-refractivity contribution < 1.29 is 0 Å². The topological polar surface area (TPSA) is 119 Å². The van der Waals surface area contributed by atoms with Crippen molar-refractivity contribution in [3.63, 3.8) is 0 Å². The summed E-state index contributed by atoms with van der Waals surface area (Å²) >= 11 is 0. The van der Waals surface area contributed by atoms with Gasteiger partial charge in [-0.1, -0.05) is 60.7 Å². The third-order valence-electron chi connectivity index (χ3n) is 6.09. The molecule has 0 radical (unpaired) electrons. The number of rotatable bonds is 6. The second-order valence-corrected chi connectivity index (χ2v) is 8.71. The number of nitrogen functional groups attached to an aromatic ring is 2. The fourth-order valence-corrected chi connectivity index (χ4v) is 4.27. The monoisotopic (exact) mass is 477 g/mol. The van der Waals surface area contributed by atoms with Crippen molar-refractivity contribution in [1.29, 1.82) is 0 Å². The van der Waals surface area contributed by atoms with Crippen molar-refractivity contribution in [2.24, 2.45) is 0 Å². The molecule has 0 unspecified atom stereocenters. The molecule has 0 saturated heterocycles. The first-order valence-corrected chi connectivity index (χ1v) is 11.6. The number of nitrogens with two attached hydrogens (primary N) is 2. The third kappa shape index (κ3) is 4.32. The SMILES string of the molecule is CN(C)c1ccc(-c2nc(-c3ccccc3)c(-c3ccccc3)n2Cc2c(N)nc(N)[nH]c2=O)cc1. The van der Waals surface area contributed by atoms with Crippen LogP contribution in [0.25, 0.3) is 33.9 Å². The van der Waals surface area contributed by atoms with Crippen LogP contribution >= 0.6 is 0 Å². The molecule has 180 valence electrons. The Morgan fingerprint density at radius 2 is 1.42 bits per heavy atom. The molecule has 36 heavy (non-hydrogen) atoms. The van der Waals surface area contributed by atoms with Gasteiger partial charge in [-0.3, -0.25) is 9.78 Å². The molecular weight excluding hydrogens is 450 g/mol. The van der Waals surface area contributed by atoms with E-state index in [1.807, 2.05) is 108 Å². The molecule has 8 heteroatoms. The van der Waals surface area contributed by atoms with Crippen LogP contribution in [0.1, 0.15) is 5.56 Å². The molecule has 3 aromatic carbocycles. The predicted octanol–water partition coefficient (Wildman–Crippen LogP) is 4.25. The van der Waals surface area contributed by atoms with Gasteiger partial charge in [0.15, 0.2) is 0 Å². The molecule has 0 fully saturated rings. The quantitative estimate of drug-likeness (QED) is 0.336. The number of anilines is 3. The van der Waals surface area contributed by atoms with Crippen molar-refractivity contribution in [2.75, 3.05) is 30.5 Å². The molecule has 0 spiro atoms. The molecule has 0 amide bonds. The van der Waals surface area contributed by atoms with E-state index >= 15 is 0 Å². The molecule has 8 nitrogen and oxygen atoms in total. The van der Waals surface area contributed by atoms with Crippen LogP contribution in [0.5, 0.6) is 0 Å². The number of nitrogens with zero attached hydrogens (tertiary/aromatic N) is 4. The minimum atomic E-state index is -0.372. The Balaban J connectivity index is 1.80. The Labute approximate surface area is 208 Å². The van der Waals surface area contributed by atoms with Gasteiger partial charge in [0.05, 0.1) is 23.5 Å². The van der Waals surface area contributed by atoms with E-state index in [1.165, 1.54) is 0 Å². The van der Waals surface area contributed by atoms with Crippen molar-refractivity contribution >= 4 is 17.5 Å². The first-order chi connectivity index (χ1) is 17.4. The molecule has 0 atom stereocenters. The van der Waals surface area contributed by atoms with E-state index in [2.05, 4.69) is 9.97 Å². The minimum absolute atomic E-state index is 0.0142. The van der Waals surface area contributed by atoms with Crippen LogP contribution < -0.4 is 21.9 Å². The molecule has 5 rings (SSSR count). The van der Waals surface area contributed by atoms with Gasteiger partial charge in [0.25, 0.3) is 5.56 Å². The highest BCUT2D eigenvalue weighted by Crippen LogP contribution is 2.37. The largest absolute Gasteiger partial charge is 0.383 e. The van der Waals surface area contributed by atoms with Gasteiger partial charge in [0.2, 0.25) is 5.95 Å². The van der Waals surface area contributed by atoms with Crippen LogP contribution in [-0.4, -0.2) is 33.6 Å². The summed E-state index contributed by atoms with van der Waals surface area (Å²) in [6.07, 6.45) is 0. The summed E-state index contributed by atoms with van der Waals surface area (Å²) in [6, 6.07) is 28.2. The lowest BCUT2D eigenvalue weighted by Gasteiger charge is -2.15. The summed E-state index contributed by atoms with van der Waals surface area (Å²) in [7, 11) is 4.00. The van der Waals surface area contributed by atoms with Crippen LogP contribution in [-0.2, 0) is 6.54 Å². The van der Waals surface area contributed by atoms with Crippen LogP contribution in [0.2, 0.25) is 0 Å². The zero-order chi connectivity index (χ0) is 25.2. The van der Waals surface area contributed by atoms with Crippen molar-refractivity contribution in [3.05, 3.63) is 101 Å². The minimum Gasteiger partial charge on any atom is -0.383 e. The number of benzene rings is 3. The highest BCUT2D eigenvalue weighted by molar-refractivity contribution is 5.82. The Bertz CT molecular complexity index is 1550. The van der Waals surface area contributed by atoms with Gasteiger partial charge in [-0.25, -0.2) is 4.98 Å². The van der Waals surface area contributed by atoms with E-state index in [1.54, 1.807) is 0 Å². The lowest BCUT2D eigenvalue weighted by Crippen LogP contribution is -2.22. The lowest BCUT2D eigenvalue weighted by atomic mass is 10.0. The molecule has 0 saturated carbocycles. The molecule has 0 bridgehead atoms. The van der Waals surface area contributed by atoms with Gasteiger partial charge in [0, 0.05) is 36.5 Å². The maximum absolute atomic E-state index is 12.9. The van der Waals surface area contributed by atoms with E-state index in [0.29, 0.717) is 11.4 Å². The number of nitrogens with one attached hydrogen (secondary N) is 1. The van der Waals surface area contributed by atoms with E-state index < -0.39 is 0 Å². The first kappa shape index (κ1) is 22.9. The number of aromatic nitrogens is 4. The maximum atomic E-state index is 12.9. The number of imidazole rings is 1. The Morgan fingerprint density at radius 1 is 0.806 bits per heavy atom. The third-order valence-corrected chi connectivity index (χ3v) is 6.09. The molecule has 0 aliphatic carbocycles. The molecule has 0 aliphatic rings. The summed E-state index contributed by atoms with van der Waals surface area (Å²) in [5.41, 5.74) is 17.5. The zero-order valence-electron chi connectivity index (χ0n) is 20.1. The Morgan fingerprint density at radius 3 is 2.00 bits per heavy atom. The van der Waals surface area contributed by atoms with Crippen LogP contribution in [0.3, 0.4) is 0 Å². The van der Waals surface area contributed by atoms with E-state index in [9.17, 15) is 4.79 Å². The van der Waals surface area contributed by atoms with Gasteiger partial charge >= 0.3 is 0 Å². The maximum Gasteiger partial charge on any atom is 0.259 e. The fourth-order valence-electron chi connectivity index (χ4n) is 4.27.